The number of aryl methyl sites for hydroxylation is 1. The van der Waals surface area contributed by atoms with Crippen LogP contribution in [-0.4, -0.2) is 44.3 Å². The van der Waals surface area contributed by atoms with Crippen LogP contribution in [0.3, 0.4) is 0 Å². The predicted octanol–water partition coefficient (Wildman–Crippen LogP) is 3.61. The standard InChI is InChI=1S/C23H28N2O5S/c1-2-30-23(27)19-7-6-8-20(17-19)24-22(26)14-11-18-9-12-21(13-10-18)31(28,29)25-15-4-3-5-16-25/h6-10,12-13,17H,2-5,11,14-16H2,1H3,(H,24,26). The minimum Gasteiger partial charge on any atom is -0.462 e. The minimum atomic E-state index is -3.45. The number of benzene rings is 2. The number of esters is 1. The van der Waals surface area contributed by atoms with Crippen LogP contribution >= 0.6 is 0 Å². The summed E-state index contributed by atoms with van der Waals surface area (Å²) in [5.41, 5.74) is 1.79. The fourth-order valence-electron chi connectivity index (χ4n) is 3.50. The fourth-order valence-corrected chi connectivity index (χ4v) is 5.02. The van der Waals surface area contributed by atoms with Gasteiger partial charge in [0.05, 0.1) is 17.1 Å². The van der Waals surface area contributed by atoms with Gasteiger partial charge in [-0.05, 0) is 62.1 Å². The Labute approximate surface area is 183 Å². The maximum absolute atomic E-state index is 12.7. The van der Waals surface area contributed by atoms with Crippen molar-refractivity contribution in [3.8, 4) is 0 Å². The topological polar surface area (TPSA) is 92.8 Å². The van der Waals surface area contributed by atoms with Gasteiger partial charge in [-0.15, -0.1) is 0 Å². The van der Waals surface area contributed by atoms with E-state index in [0.29, 0.717) is 35.7 Å². The number of rotatable bonds is 8. The first-order valence-electron chi connectivity index (χ1n) is 10.6. The number of sulfonamides is 1. The van der Waals surface area contributed by atoms with Gasteiger partial charge in [-0.1, -0.05) is 24.6 Å². The highest BCUT2D eigenvalue weighted by molar-refractivity contribution is 7.89. The molecular formula is C23H28N2O5S. The van der Waals surface area contributed by atoms with Crippen LogP contribution in [-0.2, 0) is 26.0 Å². The van der Waals surface area contributed by atoms with Gasteiger partial charge in [-0.2, -0.15) is 4.31 Å². The maximum Gasteiger partial charge on any atom is 0.338 e. The van der Waals surface area contributed by atoms with Crippen molar-refractivity contribution >= 4 is 27.6 Å². The molecule has 166 valence electrons. The molecule has 0 saturated carbocycles. The van der Waals surface area contributed by atoms with E-state index >= 15 is 0 Å². The van der Waals surface area contributed by atoms with Gasteiger partial charge in [-0.3, -0.25) is 4.79 Å². The van der Waals surface area contributed by atoms with Crippen LogP contribution in [0.25, 0.3) is 0 Å². The third kappa shape index (κ3) is 6.15. The van der Waals surface area contributed by atoms with Gasteiger partial charge in [0, 0.05) is 25.2 Å². The maximum atomic E-state index is 12.7. The lowest BCUT2D eigenvalue weighted by atomic mass is 10.1. The van der Waals surface area contributed by atoms with E-state index in [-0.39, 0.29) is 18.9 Å². The third-order valence-corrected chi connectivity index (χ3v) is 7.09. The molecule has 0 aromatic heterocycles. The normalized spacial score (nSPS) is 14.7. The molecular weight excluding hydrogens is 416 g/mol. The number of carbonyl (C=O) groups excluding carboxylic acids is 2. The average Bonchev–Trinajstić information content (AvgIpc) is 2.79. The molecule has 31 heavy (non-hydrogen) atoms. The highest BCUT2D eigenvalue weighted by atomic mass is 32.2. The largest absolute Gasteiger partial charge is 0.462 e. The van der Waals surface area contributed by atoms with E-state index in [4.69, 9.17) is 4.74 Å². The van der Waals surface area contributed by atoms with Gasteiger partial charge in [0.25, 0.3) is 0 Å². The van der Waals surface area contributed by atoms with E-state index in [0.717, 1.165) is 24.8 Å². The number of anilines is 1. The molecule has 1 aliphatic rings. The van der Waals surface area contributed by atoms with Gasteiger partial charge in [0.15, 0.2) is 0 Å². The Kier molecular flexibility index (Phi) is 7.81. The number of ether oxygens (including phenoxy) is 1. The molecule has 8 heteroatoms. The van der Waals surface area contributed by atoms with Crippen LogP contribution < -0.4 is 5.32 Å². The Hall–Kier alpha value is -2.71. The zero-order valence-electron chi connectivity index (χ0n) is 17.7. The van der Waals surface area contributed by atoms with Crippen LogP contribution in [0.15, 0.2) is 53.4 Å². The Bertz CT molecular complexity index is 1010. The molecule has 1 heterocycles. The molecule has 0 aliphatic carbocycles. The van der Waals surface area contributed by atoms with Gasteiger partial charge in [0.2, 0.25) is 15.9 Å². The van der Waals surface area contributed by atoms with E-state index in [1.165, 1.54) is 0 Å². The summed E-state index contributed by atoms with van der Waals surface area (Å²) in [4.78, 5) is 24.4. The summed E-state index contributed by atoms with van der Waals surface area (Å²) >= 11 is 0. The molecule has 1 aliphatic heterocycles. The van der Waals surface area contributed by atoms with Crippen LogP contribution in [0.5, 0.6) is 0 Å². The zero-order chi connectivity index (χ0) is 22.3. The number of nitrogens with zero attached hydrogens (tertiary/aromatic N) is 1. The third-order valence-electron chi connectivity index (χ3n) is 5.17. The van der Waals surface area contributed by atoms with Crippen molar-refractivity contribution in [3.05, 3.63) is 59.7 Å². The molecule has 7 nitrogen and oxygen atoms in total. The lowest BCUT2D eigenvalue weighted by Gasteiger charge is -2.25. The minimum absolute atomic E-state index is 0.189. The number of hydrogen-bond acceptors (Lipinski definition) is 5. The number of hydrogen-bond donors (Lipinski definition) is 1. The first-order valence-corrected chi connectivity index (χ1v) is 12.0. The predicted molar refractivity (Wildman–Crippen MR) is 118 cm³/mol. The zero-order valence-corrected chi connectivity index (χ0v) is 18.5. The Morgan fingerprint density at radius 2 is 1.74 bits per heavy atom. The molecule has 2 aromatic carbocycles. The highest BCUT2D eigenvalue weighted by Gasteiger charge is 2.25. The van der Waals surface area contributed by atoms with Crippen molar-refractivity contribution in [3.63, 3.8) is 0 Å². The smallest absolute Gasteiger partial charge is 0.338 e. The molecule has 1 fully saturated rings. The number of amides is 1. The lowest BCUT2D eigenvalue weighted by molar-refractivity contribution is -0.116. The number of carbonyl (C=O) groups is 2. The number of piperidine rings is 1. The van der Waals surface area contributed by atoms with Crippen molar-refractivity contribution < 1.29 is 22.7 Å². The summed E-state index contributed by atoms with van der Waals surface area (Å²) in [5, 5.41) is 2.78. The summed E-state index contributed by atoms with van der Waals surface area (Å²) in [6.07, 6.45) is 3.58. The second kappa shape index (κ2) is 10.5. The van der Waals surface area contributed by atoms with E-state index in [1.54, 1.807) is 59.8 Å². The van der Waals surface area contributed by atoms with E-state index in [1.807, 2.05) is 0 Å². The first kappa shape index (κ1) is 23.0. The average molecular weight is 445 g/mol. The molecule has 2 aromatic rings. The van der Waals surface area contributed by atoms with Gasteiger partial charge in [0.1, 0.15) is 0 Å². The fraction of sp³-hybridized carbons (Fsp3) is 0.391. The number of nitrogens with one attached hydrogen (secondary N) is 1. The quantitative estimate of drug-likeness (QED) is 0.628. The van der Waals surface area contributed by atoms with E-state index < -0.39 is 16.0 Å². The molecule has 1 amide bonds. The Morgan fingerprint density at radius 3 is 2.42 bits per heavy atom. The first-order chi connectivity index (χ1) is 14.9. The molecule has 0 atom stereocenters. The Morgan fingerprint density at radius 1 is 1.03 bits per heavy atom. The van der Waals surface area contributed by atoms with Crippen LogP contribution in [0, 0.1) is 0 Å². The van der Waals surface area contributed by atoms with Gasteiger partial charge >= 0.3 is 5.97 Å². The van der Waals surface area contributed by atoms with Crippen molar-refractivity contribution in [2.75, 3.05) is 25.0 Å². The summed E-state index contributed by atoms with van der Waals surface area (Å²) in [6.45, 7) is 3.16. The van der Waals surface area contributed by atoms with E-state index in [9.17, 15) is 18.0 Å². The van der Waals surface area contributed by atoms with Crippen molar-refractivity contribution in [1.29, 1.82) is 0 Å². The summed E-state index contributed by atoms with van der Waals surface area (Å²) < 4.78 is 31.9. The monoisotopic (exact) mass is 444 g/mol. The molecule has 1 N–H and O–H groups in total. The van der Waals surface area contributed by atoms with Gasteiger partial charge in [-0.25, -0.2) is 13.2 Å². The van der Waals surface area contributed by atoms with Crippen LogP contribution in [0.2, 0.25) is 0 Å². The molecule has 3 rings (SSSR count). The SMILES string of the molecule is CCOC(=O)c1cccc(NC(=O)CCc2ccc(S(=O)(=O)N3CCCCC3)cc2)c1. The second-order valence-corrected chi connectivity index (χ2v) is 9.40. The second-order valence-electron chi connectivity index (χ2n) is 7.46. The van der Waals surface area contributed by atoms with Gasteiger partial charge < -0.3 is 10.1 Å². The summed E-state index contributed by atoms with van der Waals surface area (Å²) in [6, 6.07) is 13.3. The van der Waals surface area contributed by atoms with E-state index in [2.05, 4.69) is 5.32 Å². The Balaban J connectivity index is 1.55. The molecule has 0 radical (unpaired) electrons. The molecule has 0 spiro atoms. The molecule has 1 saturated heterocycles. The lowest BCUT2D eigenvalue weighted by Crippen LogP contribution is -2.35. The van der Waals surface area contributed by atoms with Crippen molar-refractivity contribution in [2.45, 2.75) is 43.9 Å². The summed E-state index contributed by atoms with van der Waals surface area (Å²) in [7, 11) is -3.45. The molecule has 0 unspecified atom stereocenters. The van der Waals surface area contributed by atoms with Crippen LogP contribution in [0.1, 0.15) is 48.5 Å². The molecule has 0 bridgehead atoms. The van der Waals surface area contributed by atoms with Crippen LogP contribution in [0.4, 0.5) is 5.69 Å². The van der Waals surface area contributed by atoms with Crippen molar-refractivity contribution in [2.24, 2.45) is 0 Å². The van der Waals surface area contributed by atoms with Crippen molar-refractivity contribution in [1.82, 2.24) is 4.31 Å². The summed E-state index contributed by atoms with van der Waals surface area (Å²) in [5.74, 6) is -0.621. The highest BCUT2D eigenvalue weighted by Crippen LogP contribution is 2.21.